The normalized spacial score (nSPS) is 42.5. The monoisotopic (exact) mass is 472 g/mol. The quantitative estimate of drug-likeness (QED) is 0.346. The van der Waals surface area contributed by atoms with Gasteiger partial charge in [-0.3, -0.25) is 0 Å². The SMILES string of the molecule is CC[C@]12CC(O)(C[Si](C)(C)C)C3C4CCCC=C4CCC3C1CCC2=C1OCC(C)(C)CO1. The van der Waals surface area contributed by atoms with Crippen LogP contribution < -0.4 is 0 Å². The van der Waals surface area contributed by atoms with Gasteiger partial charge in [0.2, 0.25) is 0 Å². The van der Waals surface area contributed by atoms with Crippen LogP contribution in [0, 0.1) is 34.5 Å². The van der Waals surface area contributed by atoms with Gasteiger partial charge in [0.25, 0.3) is 5.95 Å². The summed E-state index contributed by atoms with van der Waals surface area (Å²) in [5, 5.41) is 12.8. The highest BCUT2D eigenvalue weighted by molar-refractivity contribution is 6.76. The van der Waals surface area contributed by atoms with Gasteiger partial charge in [-0.15, -0.1) is 0 Å². The van der Waals surface area contributed by atoms with E-state index in [0.717, 1.165) is 44.5 Å². The molecule has 33 heavy (non-hydrogen) atoms. The molecule has 1 aliphatic heterocycles. The molecule has 0 spiro atoms. The van der Waals surface area contributed by atoms with Crippen LogP contribution in [0.3, 0.4) is 0 Å². The van der Waals surface area contributed by atoms with Crippen molar-refractivity contribution in [3.8, 4) is 0 Å². The lowest BCUT2D eigenvalue weighted by molar-refractivity contribution is -0.154. The van der Waals surface area contributed by atoms with E-state index in [1.165, 1.54) is 44.1 Å². The smallest absolute Gasteiger partial charge is 0.278 e. The molecule has 6 atom stereocenters. The van der Waals surface area contributed by atoms with Gasteiger partial charge in [-0.05, 0) is 87.5 Å². The van der Waals surface area contributed by atoms with Crippen LogP contribution in [0.4, 0.5) is 0 Å². The molecule has 3 saturated carbocycles. The fourth-order valence-electron chi connectivity index (χ4n) is 9.05. The number of hydrogen-bond acceptors (Lipinski definition) is 3. The third kappa shape index (κ3) is 4.05. The van der Waals surface area contributed by atoms with Crippen LogP contribution in [0.5, 0.6) is 0 Å². The molecule has 0 radical (unpaired) electrons. The highest BCUT2D eigenvalue weighted by atomic mass is 28.3. The van der Waals surface area contributed by atoms with Crippen LogP contribution in [0.1, 0.15) is 78.6 Å². The number of hydrogen-bond donors (Lipinski definition) is 1. The number of rotatable bonds is 3. The lowest BCUT2D eigenvalue weighted by atomic mass is 9.46. The number of ether oxygens (including phenoxy) is 2. The van der Waals surface area contributed by atoms with Gasteiger partial charge in [-0.25, -0.2) is 0 Å². The van der Waals surface area contributed by atoms with Crippen molar-refractivity contribution in [3.63, 3.8) is 0 Å². The van der Waals surface area contributed by atoms with Crippen LogP contribution in [0.25, 0.3) is 0 Å². The zero-order valence-electron chi connectivity index (χ0n) is 22.1. The Kier molecular flexibility index (Phi) is 5.92. The molecule has 1 N–H and O–H groups in total. The maximum atomic E-state index is 12.8. The molecule has 1 heterocycles. The van der Waals surface area contributed by atoms with Crippen LogP contribution >= 0.6 is 0 Å². The lowest BCUT2D eigenvalue weighted by Gasteiger charge is -2.61. The van der Waals surface area contributed by atoms with Crippen molar-refractivity contribution in [1.29, 1.82) is 0 Å². The Balaban J connectivity index is 1.58. The van der Waals surface area contributed by atoms with Crippen molar-refractivity contribution in [1.82, 2.24) is 0 Å². The largest absolute Gasteiger partial charge is 0.465 e. The van der Waals surface area contributed by atoms with Crippen molar-refractivity contribution in [2.45, 2.75) is 110 Å². The average molecular weight is 473 g/mol. The number of aliphatic hydroxyl groups is 1. The molecular formula is C29H48O3Si. The van der Waals surface area contributed by atoms with Crippen LogP contribution in [0.15, 0.2) is 23.2 Å². The molecule has 3 nitrogen and oxygen atoms in total. The predicted molar refractivity (Wildman–Crippen MR) is 138 cm³/mol. The summed E-state index contributed by atoms with van der Waals surface area (Å²) >= 11 is 0. The summed E-state index contributed by atoms with van der Waals surface area (Å²) in [6.45, 7) is 15.6. The molecule has 4 fully saturated rings. The first-order valence-corrected chi connectivity index (χ1v) is 17.6. The molecule has 4 heteroatoms. The maximum absolute atomic E-state index is 12.8. The van der Waals surface area contributed by atoms with Gasteiger partial charge in [0, 0.05) is 24.5 Å². The van der Waals surface area contributed by atoms with Crippen LogP contribution in [-0.2, 0) is 9.47 Å². The van der Waals surface area contributed by atoms with Crippen molar-refractivity contribution in [2.75, 3.05) is 13.2 Å². The van der Waals surface area contributed by atoms with Crippen molar-refractivity contribution >= 4 is 8.07 Å². The lowest BCUT2D eigenvalue weighted by Crippen LogP contribution is -2.61. The summed E-state index contributed by atoms with van der Waals surface area (Å²) in [6, 6.07) is 1.02. The second-order valence-electron chi connectivity index (χ2n) is 14.2. The van der Waals surface area contributed by atoms with E-state index in [2.05, 4.69) is 46.5 Å². The minimum atomic E-state index is -1.47. The van der Waals surface area contributed by atoms with Crippen LogP contribution in [-0.4, -0.2) is 32.0 Å². The summed E-state index contributed by atoms with van der Waals surface area (Å²) in [5.74, 6) is 3.21. The fraction of sp³-hybridized carbons (Fsp3) is 0.862. The van der Waals surface area contributed by atoms with Gasteiger partial charge in [0.15, 0.2) is 0 Å². The first-order chi connectivity index (χ1) is 15.5. The van der Waals surface area contributed by atoms with Gasteiger partial charge < -0.3 is 14.6 Å². The molecule has 5 aliphatic rings. The zero-order valence-corrected chi connectivity index (χ0v) is 23.1. The molecule has 0 aromatic rings. The predicted octanol–water partition coefficient (Wildman–Crippen LogP) is 7.30. The Labute approximate surface area is 203 Å². The van der Waals surface area contributed by atoms with Crippen molar-refractivity contribution < 1.29 is 14.6 Å². The highest BCUT2D eigenvalue weighted by Crippen LogP contribution is 2.69. The Morgan fingerprint density at radius 3 is 2.45 bits per heavy atom. The molecule has 1 saturated heterocycles. The molecule has 5 unspecified atom stereocenters. The fourth-order valence-corrected chi connectivity index (χ4v) is 11.3. The van der Waals surface area contributed by atoms with E-state index in [1.54, 1.807) is 5.57 Å². The molecule has 0 aromatic heterocycles. The molecule has 5 rings (SSSR count). The van der Waals surface area contributed by atoms with E-state index in [9.17, 15) is 5.11 Å². The highest BCUT2D eigenvalue weighted by Gasteiger charge is 2.65. The van der Waals surface area contributed by atoms with Gasteiger partial charge in [0.1, 0.15) is 0 Å². The molecule has 186 valence electrons. The third-order valence-electron chi connectivity index (χ3n) is 9.94. The van der Waals surface area contributed by atoms with Gasteiger partial charge in [0.05, 0.1) is 18.8 Å². The minimum Gasteiger partial charge on any atom is -0.465 e. The van der Waals surface area contributed by atoms with E-state index in [1.807, 2.05) is 0 Å². The minimum absolute atomic E-state index is 0.0439. The van der Waals surface area contributed by atoms with E-state index >= 15 is 0 Å². The summed E-state index contributed by atoms with van der Waals surface area (Å²) in [7, 11) is -1.47. The first kappa shape index (κ1) is 24.0. The molecule has 0 aromatic carbocycles. The Bertz CT molecular complexity index is 824. The second kappa shape index (κ2) is 8.15. The van der Waals surface area contributed by atoms with Crippen molar-refractivity contribution in [3.05, 3.63) is 23.2 Å². The van der Waals surface area contributed by atoms with E-state index in [-0.39, 0.29) is 10.8 Å². The summed E-state index contributed by atoms with van der Waals surface area (Å²) in [6.07, 6.45) is 13.3. The zero-order chi connectivity index (χ0) is 23.6. The maximum Gasteiger partial charge on any atom is 0.278 e. The topological polar surface area (TPSA) is 38.7 Å². The van der Waals surface area contributed by atoms with Gasteiger partial charge >= 0.3 is 0 Å². The van der Waals surface area contributed by atoms with Gasteiger partial charge in [-0.2, -0.15) is 0 Å². The summed E-state index contributed by atoms with van der Waals surface area (Å²) in [5.41, 5.74) is 2.67. The Morgan fingerprint density at radius 2 is 1.79 bits per heavy atom. The summed E-state index contributed by atoms with van der Waals surface area (Å²) in [4.78, 5) is 0. The van der Waals surface area contributed by atoms with E-state index < -0.39 is 13.7 Å². The van der Waals surface area contributed by atoms with Crippen molar-refractivity contribution in [2.24, 2.45) is 34.5 Å². The molecule has 4 aliphatic carbocycles. The number of allylic oxidation sites excluding steroid dienone is 3. The first-order valence-electron chi connectivity index (χ1n) is 13.9. The number of fused-ring (bicyclic) bond motifs is 5. The third-order valence-corrected chi connectivity index (χ3v) is 11.6. The molecule has 0 bridgehead atoms. The second-order valence-corrected chi connectivity index (χ2v) is 19.7. The molecular weight excluding hydrogens is 424 g/mol. The Morgan fingerprint density at radius 1 is 1.06 bits per heavy atom. The van der Waals surface area contributed by atoms with E-state index in [0.29, 0.717) is 23.7 Å². The van der Waals surface area contributed by atoms with Gasteiger partial charge in [-0.1, -0.05) is 52.1 Å². The Hall–Kier alpha value is -0.743. The summed E-state index contributed by atoms with van der Waals surface area (Å²) < 4.78 is 12.6. The standard InChI is InChI=1S/C29H48O3Si/c1-7-28-16-29(30,19-33(4,5)6)25-21-11-9-8-10-20(21)12-13-22(25)23(28)14-15-24(28)26-31-17-27(2,3)18-32-26/h10,21-23,25,30H,7-9,11-19H2,1-6H3/t21?,22?,23?,25?,28-,29?/m0/s1. The van der Waals surface area contributed by atoms with Crippen LogP contribution in [0.2, 0.25) is 25.7 Å². The van der Waals surface area contributed by atoms with E-state index in [4.69, 9.17) is 9.47 Å². The molecule has 0 amide bonds. The average Bonchev–Trinajstić information content (AvgIpc) is 3.11.